The van der Waals surface area contributed by atoms with Crippen LogP contribution in [0, 0.1) is 6.92 Å². The van der Waals surface area contributed by atoms with E-state index in [1.54, 1.807) is 13.1 Å². The number of ether oxygens (including phenoxy) is 2. The van der Waals surface area contributed by atoms with E-state index < -0.39 is 35.6 Å². The van der Waals surface area contributed by atoms with Crippen LogP contribution in [0.2, 0.25) is 0 Å². The summed E-state index contributed by atoms with van der Waals surface area (Å²) in [7, 11) is 0. The van der Waals surface area contributed by atoms with Gasteiger partial charge in [0.2, 0.25) is 0 Å². The zero-order valence-electron chi connectivity index (χ0n) is 18.5. The fourth-order valence-corrected chi connectivity index (χ4v) is 3.91. The Hall–Kier alpha value is -4.08. The minimum atomic E-state index is -0.763. The Morgan fingerprint density at radius 1 is 1.32 bits per heavy atom. The lowest BCUT2D eigenvalue weighted by atomic mass is 10.1. The Bertz CT molecular complexity index is 1270. The van der Waals surface area contributed by atoms with Gasteiger partial charge >= 0.3 is 11.7 Å². The van der Waals surface area contributed by atoms with E-state index in [2.05, 4.69) is 15.0 Å². The molecule has 0 radical (unpaired) electrons. The highest BCUT2D eigenvalue weighted by Crippen LogP contribution is 2.30. The molecule has 0 aliphatic carbocycles. The lowest BCUT2D eigenvalue weighted by Crippen LogP contribution is -2.33. The van der Waals surface area contributed by atoms with Gasteiger partial charge in [0.05, 0.1) is 11.6 Å². The van der Waals surface area contributed by atoms with Crippen LogP contribution in [0.1, 0.15) is 30.2 Å². The first-order valence-electron chi connectivity index (χ1n) is 10.8. The third kappa shape index (κ3) is 5.28. The van der Waals surface area contributed by atoms with Crippen LogP contribution >= 0.6 is 0 Å². The first-order valence-corrected chi connectivity index (χ1v) is 10.8. The van der Waals surface area contributed by atoms with Gasteiger partial charge in [-0.3, -0.25) is 14.3 Å². The van der Waals surface area contributed by atoms with E-state index in [9.17, 15) is 14.4 Å². The summed E-state index contributed by atoms with van der Waals surface area (Å²) in [6, 6.07) is 9.23. The molecule has 176 valence electrons. The quantitative estimate of drug-likeness (QED) is 0.289. The van der Waals surface area contributed by atoms with Crippen LogP contribution in [0.3, 0.4) is 0 Å². The average molecular weight is 464 g/mol. The minimum Gasteiger partial charge on any atom is -0.460 e. The van der Waals surface area contributed by atoms with Crippen molar-refractivity contribution in [3.05, 3.63) is 103 Å². The van der Waals surface area contributed by atoms with Crippen LogP contribution < -0.4 is 11.2 Å². The summed E-state index contributed by atoms with van der Waals surface area (Å²) < 4.78 is 12.6. The van der Waals surface area contributed by atoms with Crippen molar-refractivity contribution in [3.63, 3.8) is 0 Å². The van der Waals surface area contributed by atoms with Crippen molar-refractivity contribution >= 4 is 5.97 Å². The number of aromatic nitrogens is 2. The van der Waals surface area contributed by atoms with Gasteiger partial charge in [0.15, 0.2) is 0 Å². The molecule has 11 heteroatoms. The largest absolute Gasteiger partial charge is 0.460 e. The summed E-state index contributed by atoms with van der Waals surface area (Å²) in [5.74, 6) is -0.494. The van der Waals surface area contributed by atoms with Crippen molar-refractivity contribution < 1.29 is 14.3 Å². The Balaban J connectivity index is 1.41. The highest BCUT2D eigenvalue weighted by atomic mass is 16.6. The number of carbonyl (C=O) groups is 1. The lowest BCUT2D eigenvalue weighted by Gasteiger charge is -2.22. The maximum absolute atomic E-state index is 12.7. The molecule has 4 rings (SSSR count). The second kappa shape index (κ2) is 10.2. The van der Waals surface area contributed by atoms with E-state index in [0.717, 1.165) is 5.56 Å². The molecule has 0 bridgehead atoms. The van der Waals surface area contributed by atoms with E-state index in [-0.39, 0.29) is 13.0 Å². The Morgan fingerprint density at radius 3 is 2.88 bits per heavy atom. The number of hydrogen-bond donors (Lipinski definition) is 1. The van der Waals surface area contributed by atoms with Crippen LogP contribution in [0.4, 0.5) is 0 Å². The molecule has 2 aliphatic heterocycles. The van der Waals surface area contributed by atoms with E-state index in [1.807, 2.05) is 47.5 Å². The molecule has 1 fully saturated rings. The molecule has 0 saturated carbocycles. The SMILES string of the molecule is Cc1cn([C@H]2C[C@H](N=[N+]=[N-])[C@@H](COC(=O)C3=CN(Cc4ccccc4)C=CC3)O2)c(=O)[nH]c1=O. The number of azide groups is 1. The van der Waals surface area contributed by atoms with Crippen molar-refractivity contribution in [2.75, 3.05) is 6.61 Å². The van der Waals surface area contributed by atoms with Crippen molar-refractivity contribution in [1.82, 2.24) is 14.5 Å². The van der Waals surface area contributed by atoms with Crippen LogP contribution in [0.15, 0.2) is 75.3 Å². The second-order valence-electron chi connectivity index (χ2n) is 8.12. The Morgan fingerprint density at radius 2 is 2.12 bits per heavy atom. The fraction of sp³-hybridized carbons (Fsp3) is 0.348. The van der Waals surface area contributed by atoms with Gasteiger partial charge < -0.3 is 14.4 Å². The molecule has 11 nitrogen and oxygen atoms in total. The highest BCUT2D eigenvalue weighted by Gasteiger charge is 2.37. The normalized spacial score (nSPS) is 21.6. The van der Waals surface area contributed by atoms with Crippen molar-refractivity contribution in [2.45, 2.75) is 44.7 Å². The molecular formula is C23H24N6O5. The van der Waals surface area contributed by atoms with Crippen LogP contribution in [-0.2, 0) is 20.8 Å². The van der Waals surface area contributed by atoms with Gasteiger partial charge in [0, 0.05) is 48.5 Å². The first-order chi connectivity index (χ1) is 16.4. The number of aryl methyl sites for hydroxylation is 1. The summed E-state index contributed by atoms with van der Waals surface area (Å²) in [6.07, 6.45) is 6.09. The number of nitrogens with zero attached hydrogens (tertiary/aromatic N) is 5. The molecule has 1 N–H and O–H groups in total. The highest BCUT2D eigenvalue weighted by molar-refractivity contribution is 5.88. The number of H-pyrrole nitrogens is 1. The smallest absolute Gasteiger partial charge is 0.335 e. The summed E-state index contributed by atoms with van der Waals surface area (Å²) in [4.78, 5) is 43.5. The molecule has 1 aromatic carbocycles. The van der Waals surface area contributed by atoms with Crippen molar-refractivity contribution in [1.29, 1.82) is 0 Å². The van der Waals surface area contributed by atoms with E-state index >= 15 is 0 Å². The third-order valence-electron chi connectivity index (χ3n) is 5.67. The predicted octanol–water partition coefficient (Wildman–Crippen LogP) is 2.66. The Labute approximate surface area is 194 Å². The average Bonchev–Trinajstić information content (AvgIpc) is 3.23. The maximum Gasteiger partial charge on any atom is 0.335 e. The first kappa shape index (κ1) is 23.1. The number of aromatic amines is 1. The van der Waals surface area contributed by atoms with Crippen LogP contribution in [0.5, 0.6) is 0 Å². The van der Waals surface area contributed by atoms with Gasteiger partial charge in [0.25, 0.3) is 5.56 Å². The van der Waals surface area contributed by atoms with Crippen molar-refractivity contribution in [3.8, 4) is 0 Å². The van der Waals surface area contributed by atoms with Gasteiger partial charge in [-0.05, 0) is 18.0 Å². The summed E-state index contributed by atoms with van der Waals surface area (Å²) in [6.45, 7) is 2.05. The summed E-state index contributed by atoms with van der Waals surface area (Å²) >= 11 is 0. The molecule has 0 unspecified atom stereocenters. The zero-order chi connectivity index (χ0) is 24.1. The molecule has 2 aromatic rings. The van der Waals surface area contributed by atoms with Gasteiger partial charge in [-0.25, -0.2) is 9.59 Å². The van der Waals surface area contributed by atoms with Crippen LogP contribution in [-0.4, -0.2) is 39.2 Å². The van der Waals surface area contributed by atoms with Crippen molar-refractivity contribution in [2.24, 2.45) is 5.11 Å². The number of allylic oxidation sites excluding steroid dienone is 1. The zero-order valence-corrected chi connectivity index (χ0v) is 18.5. The number of hydrogen-bond acceptors (Lipinski definition) is 7. The molecule has 0 spiro atoms. The van der Waals surface area contributed by atoms with Gasteiger partial charge in [0.1, 0.15) is 18.9 Å². The third-order valence-corrected chi connectivity index (χ3v) is 5.67. The molecule has 2 aliphatic rings. The summed E-state index contributed by atoms with van der Waals surface area (Å²) in [5, 5.41) is 3.74. The molecule has 0 amide bonds. The van der Waals surface area contributed by atoms with Gasteiger partial charge in [-0.15, -0.1) is 0 Å². The molecule has 3 atom stereocenters. The molecule has 3 heterocycles. The molecule has 34 heavy (non-hydrogen) atoms. The van der Waals surface area contributed by atoms with E-state index in [4.69, 9.17) is 15.0 Å². The van der Waals surface area contributed by atoms with Gasteiger partial charge in [-0.1, -0.05) is 41.5 Å². The fourth-order valence-electron chi connectivity index (χ4n) is 3.91. The topological polar surface area (TPSA) is 142 Å². The number of benzene rings is 1. The van der Waals surface area contributed by atoms with Crippen LogP contribution in [0.25, 0.3) is 10.4 Å². The second-order valence-corrected chi connectivity index (χ2v) is 8.12. The van der Waals surface area contributed by atoms with E-state index in [0.29, 0.717) is 24.1 Å². The Kier molecular flexibility index (Phi) is 6.95. The molecule has 1 aromatic heterocycles. The summed E-state index contributed by atoms with van der Waals surface area (Å²) in [5.41, 5.74) is 9.75. The predicted molar refractivity (Wildman–Crippen MR) is 122 cm³/mol. The lowest BCUT2D eigenvalue weighted by molar-refractivity contribution is -0.144. The standard InChI is InChI=1S/C23H24N6O5/c1-15-11-29(23(32)25-21(15)30)20-10-18(26-27-24)19(34-20)14-33-22(31)17-8-5-9-28(13-17)12-16-6-3-2-4-7-16/h2-7,9,11,13,18-20H,8,10,12,14H2,1H3,(H,25,30,32)/t18-,19+,20+/m0/s1. The molecule has 1 saturated heterocycles. The van der Waals surface area contributed by atoms with E-state index in [1.165, 1.54) is 10.8 Å². The number of carbonyl (C=O) groups excluding carboxylic acids is 1. The maximum atomic E-state index is 12.7. The van der Waals surface area contributed by atoms with Gasteiger partial charge in [-0.2, -0.15) is 0 Å². The minimum absolute atomic E-state index is 0.143. The number of nitrogens with one attached hydrogen (secondary N) is 1. The number of esters is 1. The molecular weight excluding hydrogens is 440 g/mol. The monoisotopic (exact) mass is 464 g/mol. The number of rotatable bonds is 7.